The smallest absolute Gasteiger partial charge is 0.248 e. The van der Waals surface area contributed by atoms with E-state index in [9.17, 15) is 9.59 Å². The van der Waals surface area contributed by atoms with Crippen LogP contribution in [0.25, 0.3) is 0 Å². The van der Waals surface area contributed by atoms with Crippen molar-refractivity contribution in [3.8, 4) is 0 Å². The molecule has 14 heavy (non-hydrogen) atoms. The normalized spacial score (nSPS) is 9.07. The van der Waals surface area contributed by atoms with Crippen molar-refractivity contribution in [2.75, 3.05) is 0 Å². The highest BCUT2D eigenvalue weighted by Crippen LogP contribution is 1.98. The Morgan fingerprint density at radius 1 is 1.07 bits per heavy atom. The maximum absolute atomic E-state index is 11.1. The largest absolute Gasteiger partial charge is 1.00 e. The second-order valence-corrected chi connectivity index (χ2v) is 2.97. The number of Topliss-reactive ketones (excluding diaryl/α,β-unsaturated/α-hetero) is 2. The summed E-state index contributed by atoms with van der Waals surface area (Å²) in [5.74, 6) is -0.0730. The molecule has 0 spiro atoms. The average molecular weight is 258 g/mol. The van der Waals surface area contributed by atoms with Gasteiger partial charge in [-0.05, 0) is 6.07 Å². The van der Waals surface area contributed by atoms with Gasteiger partial charge in [0, 0.05) is 26.0 Å². The molecule has 1 aromatic rings. The fourth-order valence-corrected chi connectivity index (χ4v) is 1.29. The highest BCUT2D eigenvalue weighted by molar-refractivity contribution is 5.93. The number of hydrogen-bond acceptors (Lipinski definition) is 2. The molecule has 0 aliphatic rings. The molecule has 0 saturated heterocycles. The van der Waals surface area contributed by atoms with E-state index in [0.717, 1.165) is 0 Å². The molecule has 0 saturated carbocycles. The van der Waals surface area contributed by atoms with Crippen molar-refractivity contribution in [3.63, 3.8) is 0 Å². The Morgan fingerprint density at radius 2 is 1.43 bits per heavy atom. The van der Waals surface area contributed by atoms with E-state index in [2.05, 4.69) is 0 Å². The van der Waals surface area contributed by atoms with Gasteiger partial charge >= 0.3 is 0 Å². The topological polar surface area (TPSA) is 38.0 Å². The minimum Gasteiger partial charge on any atom is -1.00 e. The SMILES string of the molecule is CC(=O)c1cccc(C(C)=O)[n+]1C.[Br-]. The fourth-order valence-electron chi connectivity index (χ4n) is 1.29. The molecule has 0 aliphatic carbocycles. The minimum atomic E-state index is -0.0365. The van der Waals surface area contributed by atoms with Crippen molar-refractivity contribution in [1.29, 1.82) is 0 Å². The van der Waals surface area contributed by atoms with Gasteiger partial charge in [-0.25, -0.2) is 0 Å². The molecule has 3 nitrogen and oxygen atoms in total. The lowest BCUT2D eigenvalue weighted by Gasteiger charge is -1.98. The Morgan fingerprint density at radius 3 is 1.71 bits per heavy atom. The third-order valence-electron chi connectivity index (χ3n) is 1.95. The molecule has 0 unspecified atom stereocenters. The van der Waals surface area contributed by atoms with E-state index in [1.807, 2.05) is 0 Å². The Hall–Kier alpha value is -1.03. The average Bonchev–Trinajstić information content (AvgIpc) is 2.03. The lowest BCUT2D eigenvalue weighted by atomic mass is 10.2. The summed E-state index contributed by atoms with van der Waals surface area (Å²) in [4.78, 5) is 22.2. The highest BCUT2D eigenvalue weighted by atomic mass is 79.9. The zero-order chi connectivity index (χ0) is 10.0. The Labute approximate surface area is 93.5 Å². The minimum absolute atomic E-state index is 0. The predicted octanol–water partition coefficient (Wildman–Crippen LogP) is -2.08. The molecule has 0 aromatic carbocycles. The Kier molecular flexibility index (Phi) is 4.63. The number of aromatic nitrogens is 1. The molecule has 0 aliphatic heterocycles. The van der Waals surface area contributed by atoms with Gasteiger partial charge in [-0.2, -0.15) is 4.57 Å². The summed E-state index contributed by atoms with van der Waals surface area (Å²) in [5, 5.41) is 0. The van der Waals surface area contributed by atoms with Crippen molar-refractivity contribution in [2.45, 2.75) is 13.8 Å². The molecule has 0 amide bonds. The van der Waals surface area contributed by atoms with Crippen molar-refractivity contribution in [3.05, 3.63) is 29.6 Å². The molecule has 0 radical (unpaired) electrons. The van der Waals surface area contributed by atoms with Gasteiger partial charge in [-0.3, -0.25) is 9.59 Å². The highest BCUT2D eigenvalue weighted by Gasteiger charge is 2.18. The zero-order valence-corrected chi connectivity index (χ0v) is 9.96. The van der Waals surface area contributed by atoms with Gasteiger partial charge in [0.25, 0.3) is 0 Å². The molecular weight excluding hydrogens is 246 g/mol. The predicted molar refractivity (Wildman–Crippen MR) is 47.6 cm³/mol. The second kappa shape index (κ2) is 5.00. The molecule has 0 bridgehead atoms. The first-order valence-corrected chi connectivity index (χ1v) is 4.05. The summed E-state index contributed by atoms with van der Waals surface area (Å²) in [7, 11) is 1.72. The monoisotopic (exact) mass is 257 g/mol. The van der Waals surface area contributed by atoms with Crippen molar-refractivity contribution >= 4 is 11.6 Å². The van der Waals surface area contributed by atoms with Gasteiger partial charge in [0.05, 0.1) is 0 Å². The molecule has 1 heterocycles. The lowest BCUT2D eigenvalue weighted by Crippen LogP contribution is -3.00. The molecule has 1 aromatic heterocycles. The summed E-state index contributed by atoms with van der Waals surface area (Å²) < 4.78 is 1.62. The van der Waals surface area contributed by atoms with Crippen LogP contribution in [0, 0.1) is 0 Å². The molecule has 1 rings (SSSR count). The first-order chi connectivity index (χ1) is 6.04. The second-order valence-electron chi connectivity index (χ2n) is 2.97. The molecule has 76 valence electrons. The van der Waals surface area contributed by atoms with Gasteiger partial charge in [0.2, 0.25) is 23.0 Å². The third kappa shape index (κ3) is 2.48. The molecule has 0 N–H and O–H groups in total. The van der Waals surface area contributed by atoms with Crippen LogP contribution >= 0.6 is 0 Å². The lowest BCUT2D eigenvalue weighted by molar-refractivity contribution is -0.675. The van der Waals surface area contributed by atoms with Crippen LogP contribution in [0.1, 0.15) is 34.8 Å². The van der Waals surface area contributed by atoms with E-state index in [1.165, 1.54) is 13.8 Å². The number of carbonyl (C=O) groups is 2. The van der Waals surface area contributed by atoms with Crippen LogP contribution in [0.2, 0.25) is 0 Å². The van der Waals surface area contributed by atoms with Crippen molar-refractivity contribution < 1.29 is 31.1 Å². The Bertz CT molecular complexity index is 342. The number of rotatable bonds is 2. The summed E-state index contributed by atoms with van der Waals surface area (Å²) in [6, 6.07) is 5.12. The van der Waals surface area contributed by atoms with Crippen LogP contribution in [0.15, 0.2) is 18.2 Å². The number of ketones is 2. The van der Waals surface area contributed by atoms with Crippen LogP contribution in [0.4, 0.5) is 0 Å². The van der Waals surface area contributed by atoms with E-state index >= 15 is 0 Å². The van der Waals surface area contributed by atoms with Crippen LogP contribution in [-0.2, 0) is 7.05 Å². The maximum Gasteiger partial charge on any atom is 0.248 e. The molecule has 0 atom stereocenters. The molecule has 4 heteroatoms. The zero-order valence-electron chi connectivity index (χ0n) is 8.37. The van der Waals surface area contributed by atoms with Crippen molar-refractivity contribution in [2.24, 2.45) is 7.05 Å². The number of pyridine rings is 1. The number of carbonyl (C=O) groups excluding carboxylic acids is 2. The first kappa shape index (κ1) is 13.0. The van der Waals surface area contributed by atoms with E-state index in [0.29, 0.717) is 11.4 Å². The van der Waals surface area contributed by atoms with E-state index in [1.54, 1.807) is 29.8 Å². The molecule has 0 fully saturated rings. The van der Waals surface area contributed by atoms with Gasteiger partial charge in [0.1, 0.15) is 7.05 Å². The number of halogens is 1. The van der Waals surface area contributed by atoms with Crippen LogP contribution in [0.5, 0.6) is 0 Å². The number of hydrogen-bond donors (Lipinski definition) is 0. The van der Waals surface area contributed by atoms with Gasteiger partial charge in [0.15, 0.2) is 0 Å². The van der Waals surface area contributed by atoms with Crippen LogP contribution < -0.4 is 21.5 Å². The standard InChI is InChI=1S/C10H12NO2.BrH/c1-7(12)9-5-4-6-10(8(2)13)11(9)3;/h4-6H,1-3H3;1H/q+1;/p-1. The molecular formula is C10H12BrNO2. The van der Waals surface area contributed by atoms with E-state index in [4.69, 9.17) is 0 Å². The quantitative estimate of drug-likeness (QED) is 0.451. The van der Waals surface area contributed by atoms with Gasteiger partial charge < -0.3 is 17.0 Å². The van der Waals surface area contributed by atoms with Crippen LogP contribution in [-0.4, -0.2) is 11.6 Å². The first-order valence-electron chi connectivity index (χ1n) is 4.05. The third-order valence-corrected chi connectivity index (χ3v) is 1.95. The Balaban J connectivity index is 0.00000169. The van der Waals surface area contributed by atoms with E-state index < -0.39 is 0 Å². The summed E-state index contributed by atoms with van der Waals surface area (Å²) >= 11 is 0. The number of nitrogens with zero attached hydrogens (tertiary/aromatic N) is 1. The van der Waals surface area contributed by atoms with Crippen molar-refractivity contribution in [1.82, 2.24) is 0 Å². The maximum atomic E-state index is 11.1. The van der Waals surface area contributed by atoms with Gasteiger partial charge in [-0.1, -0.05) is 0 Å². The fraction of sp³-hybridized carbons (Fsp3) is 0.300. The van der Waals surface area contributed by atoms with Crippen LogP contribution in [0.3, 0.4) is 0 Å². The summed E-state index contributed by atoms with van der Waals surface area (Å²) in [6.07, 6.45) is 0. The summed E-state index contributed by atoms with van der Waals surface area (Å²) in [5.41, 5.74) is 1.10. The van der Waals surface area contributed by atoms with E-state index in [-0.39, 0.29) is 28.5 Å². The van der Waals surface area contributed by atoms with Gasteiger partial charge in [-0.15, -0.1) is 0 Å². The summed E-state index contributed by atoms with van der Waals surface area (Å²) in [6.45, 7) is 2.97.